The van der Waals surface area contributed by atoms with Crippen molar-refractivity contribution >= 4 is 5.97 Å². The van der Waals surface area contributed by atoms with Crippen LogP contribution < -0.4 is 0 Å². The highest BCUT2D eigenvalue weighted by atomic mass is 16.5. The Morgan fingerprint density at radius 1 is 1.43 bits per heavy atom. The minimum absolute atomic E-state index is 0.00435. The lowest BCUT2D eigenvalue weighted by Gasteiger charge is -2.26. The molecule has 0 spiro atoms. The largest absolute Gasteiger partial charge is 0.461 e. The van der Waals surface area contributed by atoms with E-state index in [0.29, 0.717) is 12.5 Å². The molecule has 1 aliphatic rings. The highest BCUT2D eigenvalue weighted by Gasteiger charge is 2.28. The second-order valence-corrected chi connectivity index (χ2v) is 4.07. The van der Waals surface area contributed by atoms with E-state index >= 15 is 0 Å². The van der Waals surface area contributed by atoms with E-state index in [1.165, 1.54) is 19.3 Å². The van der Waals surface area contributed by atoms with Crippen LogP contribution in [0.1, 0.15) is 39.5 Å². The normalized spacial score (nSPS) is 27.9. The number of allylic oxidation sites excluding steroid dienone is 1. The molecule has 2 heteroatoms. The summed E-state index contributed by atoms with van der Waals surface area (Å²) in [6, 6.07) is 0. The fourth-order valence-electron chi connectivity index (χ4n) is 2.00. The van der Waals surface area contributed by atoms with E-state index < -0.39 is 0 Å². The lowest BCUT2D eigenvalue weighted by molar-refractivity contribution is -0.150. The van der Waals surface area contributed by atoms with Crippen LogP contribution in [0.3, 0.4) is 0 Å². The molecule has 0 N–H and O–H groups in total. The zero-order chi connectivity index (χ0) is 10.4. The average Bonchev–Trinajstić information content (AvgIpc) is 2.18. The van der Waals surface area contributed by atoms with Gasteiger partial charge in [-0.2, -0.15) is 0 Å². The van der Waals surface area contributed by atoms with Gasteiger partial charge in [-0.15, -0.1) is 0 Å². The molecule has 0 bridgehead atoms. The predicted octanol–water partition coefficient (Wildman–Crippen LogP) is 2.93. The van der Waals surface area contributed by atoms with Crippen molar-refractivity contribution in [3.8, 4) is 0 Å². The molecule has 2 atom stereocenters. The number of ether oxygens (including phenoxy) is 1. The van der Waals surface area contributed by atoms with E-state index in [2.05, 4.69) is 6.92 Å². The van der Waals surface area contributed by atoms with Crippen LogP contribution in [0.4, 0.5) is 0 Å². The van der Waals surface area contributed by atoms with Gasteiger partial charge in [0.2, 0.25) is 0 Å². The molecule has 1 saturated carbocycles. The second-order valence-electron chi connectivity index (χ2n) is 4.07. The minimum atomic E-state index is -0.00435. The molecule has 0 radical (unpaired) electrons. The van der Waals surface area contributed by atoms with Gasteiger partial charge in [0.15, 0.2) is 0 Å². The van der Waals surface area contributed by atoms with Crippen LogP contribution in [0.2, 0.25) is 0 Å². The maximum atomic E-state index is 11.6. The summed E-state index contributed by atoms with van der Waals surface area (Å²) in [5, 5.41) is 0. The molecule has 1 fully saturated rings. The van der Waals surface area contributed by atoms with Crippen LogP contribution in [0.25, 0.3) is 0 Å². The standard InChI is InChI=1S/C12H20O2/c1-3-4-9-14-12(13)11-8-6-5-7-10(11)2/h3-4,10-11H,5-9H2,1-2H3/b4-3+. The maximum absolute atomic E-state index is 11.6. The lowest BCUT2D eigenvalue weighted by atomic mass is 9.80. The Hall–Kier alpha value is -0.790. The molecule has 0 saturated heterocycles. The monoisotopic (exact) mass is 196 g/mol. The molecule has 2 nitrogen and oxygen atoms in total. The Morgan fingerprint density at radius 2 is 2.14 bits per heavy atom. The van der Waals surface area contributed by atoms with E-state index in [-0.39, 0.29) is 11.9 Å². The van der Waals surface area contributed by atoms with E-state index in [9.17, 15) is 4.79 Å². The first kappa shape index (κ1) is 11.3. The van der Waals surface area contributed by atoms with E-state index in [4.69, 9.17) is 4.74 Å². The van der Waals surface area contributed by atoms with Gasteiger partial charge < -0.3 is 4.74 Å². The van der Waals surface area contributed by atoms with Crippen molar-refractivity contribution < 1.29 is 9.53 Å². The first-order valence-electron chi connectivity index (χ1n) is 5.53. The number of rotatable bonds is 3. The lowest BCUT2D eigenvalue weighted by Crippen LogP contribution is -2.27. The van der Waals surface area contributed by atoms with Crippen LogP contribution >= 0.6 is 0 Å². The fourth-order valence-corrected chi connectivity index (χ4v) is 2.00. The third-order valence-electron chi connectivity index (χ3n) is 2.97. The highest BCUT2D eigenvalue weighted by molar-refractivity contribution is 5.72. The highest BCUT2D eigenvalue weighted by Crippen LogP contribution is 2.30. The first-order chi connectivity index (χ1) is 6.75. The average molecular weight is 196 g/mol. The Labute approximate surface area is 86.3 Å². The van der Waals surface area contributed by atoms with E-state index in [0.717, 1.165) is 6.42 Å². The van der Waals surface area contributed by atoms with Gasteiger partial charge in [0.05, 0.1) is 5.92 Å². The molecule has 0 aromatic heterocycles. The van der Waals surface area contributed by atoms with Gasteiger partial charge in [-0.3, -0.25) is 4.79 Å². The zero-order valence-corrected chi connectivity index (χ0v) is 9.16. The van der Waals surface area contributed by atoms with Crippen molar-refractivity contribution in [1.82, 2.24) is 0 Å². The van der Waals surface area contributed by atoms with Crippen molar-refractivity contribution in [3.63, 3.8) is 0 Å². The molecule has 2 unspecified atom stereocenters. The third-order valence-corrected chi connectivity index (χ3v) is 2.97. The molecule has 0 amide bonds. The van der Waals surface area contributed by atoms with Crippen molar-refractivity contribution in [2.75, 3.05) is 6.61 Å². The molecule has 0 aromatic carbocycles. The molecular weight excluding hydrogens is 176 g/mol. The second kappa shape index (κ2) is 5.84. The Bertz CT molecular complexity index is 208. The first-order valence-corrected chi connectivity index (χ1v) is 5.53. The van der Waals surface area contributed by atoms with Crippen molar-refractivity contribution in [1.29, 1.82) is 0 Å². The molecule has 0 heterocycles. The van der Waals surface area contributed by atoms with E-state index in [1.54, 1.807) is 0 Å². The molecule has 80 valence electrons. The molecule has 0 aliphatic heterocycles. The van der Waals surface area contributed by atoms with Gasteiger partial charge in [0.1, 0.15) is 6.61 Å². The summed E-state index contributed by atoms with van der Waals surface area (Å²) in [5.74, 6) is 0.645. The fraction of sp³-hybridized carbons (Fsp3) is 0.750. The summed E-state index contributed by atoms with van der Waals surface area (Å²) in [4.78, 5) is 11.6. The van der Waals surface area contributed by atoms with Gasteiger partial charge >= 0.3 is 5.97 Å². The van der Waals surface area contributed by atoms with Crippen molar-refractivity contribution in [3.05, 3.63) is 12.2 Å². The summed E-state index contributed by atoms with van der Waals surface area (Å²) in [6.07, 6.45) is 8.38. The minimum Gasteiger partial charge on any atom is -0.461 e. The van der Waals surface area contributed by atoms with Crippen LogP contribution in [0.5, 0.6) is 0 Å². The molecule has 1 aliphatic carbocycles. The SMILES string of the molecule is C/C=C/COC(=O)C1CCCCC1C. The van der Waals surface area contributed by atoms with Crippen LogP contribution in [-0.2, 0) is 9.53 Å². The number of carbonyl (C=O) groups excluding carboxylic acids is 1. The van der Waals surface area contributed by atoms with Gasteiger partial charge in [0.25, 0.3) is 0 Å². The maximum Gasteiger partial charge on any atom is 0.309 e. The van der Waals surface area contributed by atoms with Crippen molar-refractivity contribution in [2.24, 2.45) is 11.8 Å². The molecule has 14 heavy (non-hydrogen) atoms. The number of esters is 1. The summed E-state index contributed by atoms with van der Waals surface area (Å²) in [5.41, 5.74) is 0. The zero-order valence-electron chi connectivity index (χ0n) is 9.16. The summed E-state index contributed by atoms with van der Waals surface area (Å²) in [7, 11) is 0. The van der Waals surface area contributed by atoms with Crippen LogP contribution in [-0.4, -0.2) is 12.6 Å². The molecule has 1 rings (SSSR count). The number of carbonyl (C=O) groups is 1. The van der Waals surface area contributed by atoms with Crippen molar-refractivity contribution in [2.45, 2.75) is 39.5 Å². The van der Waals surface area contributed by atoms with Gasteiger partial charge in [-0.1, -0.05) is 31.9 Å². The smallest absolute Gasteiger partial charge is 0.309 e. The third kappa shape index (κ3) is 3.17. The van der Waals surface area contributed by atoms with E-state index in [1.807, 2.05) is 19.1 Å². The topological polar surface area (TPSA) is 26.3 Å². The Morgan fingerprint density at radius 3 is 2.79 bits per heavy atom. The predicted molar refractivity (Wildman–Crippen MR) is 56.9 cm³/mol. The number of hydrogen-bond donors (Lipinski definition) is 0. The van der Waals surface area contributed by atoms with Gasteiger partial charge in [-0.05, 0) is 25.7 Å². The van der Waals surface area contributed by atoms with Crippen LogP contribution in [0.15, 0.2) is 12.2 Å². The van der Waals surface area contributed by atoms with Gasteiger partial charge in [-0.25, -0.2) is 0 Å². The van der Waals surface area contributed by atoms with Crippen LogP contribution in [0, 0.1) is 11.8 Å². The quantitative estimate of drug-likeness (QED) is 0.512. The molecule has 0 aromatic rings. The summed E-state index contributed by atoms with van der Waals surface area (Å²) in [6.45, 7) is 4.51. The summed E-state index contributed by atoms with van der Waals surface area (Å²) >= 11 is 0. The Balaban J connectivity index is 2.34. The Kier molecular flexibility index (Phi) is 4.71. The molecular formula is C12H20O2. The number of hydrogen-bond acceptors (Lipinski definition) is 2. The summed E-state index contributed by atoms with van der Waals surface area (Å²) < 4.78 is 5.17. The van der Waals surface area contributed by atoms with Gasteiger partial charge in [0, 0.05) is 0 Å².